The van der Waals surface area contributed by atoms with Crippen molar-refractivity contribution in [3.8, 4) is 0 Å². The molecule has 0 radical (unpaired) electrons. The summed E-state index contributed by atoms with van der Waals surface area (Å²) < 4.78 is 0. The number of aromatic carboxylic acids is 1. The molecule has 0 aliphatic carbocycles. The Labute approximate surface area is 111 Å². The van der Waals surface area contributed by atoms with Crippen LogP contribution in [0.5, 0.6) is 0 Å². The summed E-state index contributed by atoms with van der Waals surface area (Å²) >= 11 is 0. The minimum absolute atomic E-state index is 0.0915. The van der Waals surface area contributed by atoms with Crippen LogP contribution in [0, 0.1) is 13.8 Å². The summed E-state index contributed by atoms with van der Waals surface area (Å²) in [6, 6.07) is 0. The fourth-order valence-corrected chi connectivity index (χ4v) is 2.53. The van der Waals surface area contributed by atoms with Gasteiger partial charge in [-0.2, -0.15) is 0 Å². The summed E-state index contributed by atoms with van der Waals surface area (Å²) in [5, 5.41) is 9.07. The highest BCUT2D eigenvalue weighted by Crippen LogP contribution is 2.21. The zero-order valence-electron chi connectivity index (χ0n) is 11.4. The molecule has 1 aliphatic heterocycles. The highest BCUT2D eigenvalue weighted by molar-refractivity contribution is 6.01. The number of carboxylic acid groups (broad SMARTS) is 1. The minimum Gasteiger partial charge on any atom is -0.477 e. The molecular formula is C14H18N2O3. The number of rotatable bonds is 2. The Bertz CT molecular complexity index is 569. The van der Waals surface area contributed by atoms with Gasteiger partial charge in [0, 0.05) is 18.8 Å². The predicted octanol–water partition coefficient (Wildman–Crippen LogP) is 2.12. The van der Waals surface area contributed by atoms with Crippen molar-refractivity contribution >= 4 is 11.9 Å². The second kappa shape index (κ2) is 4.91. The lowest BCUT2D eigenvalue weighted by atomic mass is 10.1. The minimum atomic E-state index is -1.03. The largest absolute Gasteiger partial charge is 0.477 e. The van der Waals surface area contributed by atoms with Gasteiger partial charge in [0.15, 0.2) is 0 Å². The molecule has 5 nitrogen and oxygen atoms in total. The van der Waals surface area contributed by atoms with Crippen molar-refractivity contribution in [1.29, 1.82) is 0 Å². The van der Waals surface area contributed by atoms with Crippen LogP contribution >= 0.6 is 0 Å². The SMILES string of the molecule is CC1=CCCN(C(=O)c2c(C)[nH]c(C(=O)O)c2C)C1. The number of hydrogen-bond acceptors (Lipinski definition) is 2. The summed E-state index contributed by atoms with van der Waals surface area (Å²) in [5.74, 6) is -1.12. The predicted molar refractivity (Wildman–Crippen MR) is 71.5 cm³/mol. The van der Waals surface area contributed by atoms with Crippen LogP contribution < -0.4 is 0 Å². The number of hydrogen-bond donors (Lipinski definition) is 2. The fraction of sp³-hybridized carbons (Fsp3) is 0.429. The Hall–Kier alpha value is -2.04. The van der Waals surface area contributed by atoms with Crippen molar-refractivity contribution in [2.75, 3.05) is 13.1 Å². The molecule has 0 aromatic carbocycles. The number of carbonyl (C=O) groups excluding carboxylic acids is 1. The van der Waals surface area contributed by atoms with Crippen molar-refractivity contribution in [3.05, 3.63) is 34.2 Å². The molecule has 2 N–H and O–H groups in total. The average molecular weight is 262 g/mol. The second-order valence-corrected chi connectivity index (χ2v) is 5.00. The van der Waals surface area contributed by atoms with E-state index in [9.17, 15) is 9.59 Å². The monoisotopic (exact) mass is 262 g/mol. The smallest absolute Gasteiger partial charge is 0.352 e. The first-order chi connectivity index (χ1) is 8.91. The molecule has 0 fully saturated rings. The lowest BCUT2D eigenvalue weighted by Crippen LogP contribution is -2.35. The lowest BCUT2D eigenvalue weighted by molar-refractivity contribution is 0.0690. The van der Waals surface area contributed by atoms with E-state index in [1.54, 1.807) is 18.7 Å². The molecule has 0 saturated carbocycles. The van der Waals surface area contributed by atoms with Crippen molar-refractivity contribution in [3.63, 3.8) is 0 Å². The van der Waals surface area contributed by atoms with Gasteiger partial charge in [-0.15, -0.1) is 0 Å². The Morgan fingerprint density at radius 1 is 1.32 bits per heavy atom. The molecule has 0 atom stereocenters. The molecule has 2 heterocycles. The molecule has 102 valence electrons. The van der Waals surface area contributed by atoms with Gasteiger partial charge < -0.3 is 15.0 Å². The number of amides is 1. The van der Waals surface area contributed by atoms with Gasteiger partial charge in [0.1, 0.15) is 5.69 Å². The number of carbonyl (C=O) groups is 2. The number of aryl methyl sites for hydroxylation is 1. The molecule has 0 spiro atoms. The van der Waals surface area contributed by atoms with E-state index in [-0.39, 0.29) is 11.6 Å². The van der Waals surface area contributed by atoms with Crippen LogP contribution in [0.2, 0.25) is 0 Å². The molecule has 19 heavy (non-hydrogen) atoms. The average Bonchev–Trinajstić information content (AvgIpc) is 2.64. The van der Waals surface area contributed by atoms with Crippen LogP contribution in [0.3, 0.4) is 0 Å². The maximum Gasteiger partial charge on any atom is 0.352 e. The zero-order valence-corrected chi connectivity index (χ0v) is 11.4. The molecular weight excluding hydrogens is 244 g/mol. The molecule has 5 heteroatoms. The zero-order chi connectivity index (χ0) is 14.2. The number of aromatic amines is 1. The Morgan fingerprint density at radius 2 is 2.00 bits per heavy atom. The maximum atomic E-state index is 12.5. The highest BCUT2D eigenvalue weighted by Gasteiger charge is 2.26. The summed E-state index contributed by atoms with van der Waals surface area (Å²) in [5.41, 5.74) is 2.90. The third kappa shape index (κ3) is 2.41. The molecule has 0 bridgehead atoms. The molecule has 1 amide bonds. The summed E-state index contributed by atoms with van der Waals surface area (Å²) in [7, 11) is 0. The van der Waals surface area contributed by atoms with E-state index in [1.165, 1.54) is 5.57 Å². The molecule has 0 saturated heterocycles. The van der Waals surface area contributed by atoms with Crippen molar-refractivity contribution < 1.29 is 14.7 Å². The van der Waals surface area contributed by atoms with Gasteiger partial charge in [-0.1, -0.05) is 11.6 Å². The fourth-order valence-electron chi connectivity index (χ4n) is 2.53. The normalized spacial score (nSPS) is 15.3. The van der Waals surface area contributed by atoms with E-state index in [2.05, 4.69) is 11.1 Å². The topological polar surface area (TPSA) is 73.4 Å². The Kier molecular flexibility index (Phi) is 3.46. The quantitative estimate of drug-likeness (QED) is 0.802. The van der Waals surface area contributed by atoms with Crippen LogP contribution in [0.4, 0.5) is 0 Å². The van der Waals surface area contributed by atoms with Crippen LogP contribution in [0.1, 0.15) is 45.4 Å². The van der Waals surface area contributed by atoms with Gasteiger partial charge in [-0.25, -0.2) is 4.79 Å². The van der Waals surface area contributed by atoms with Crippen LogP contribution in [0.15, 0.2) is 11.6 Å². The van der Waals surface area contributed by atoms with Crippen LogP contribution in [-0.4, -0.2) is 40.0 Å². The van der Waals surface area contributed by atoms with E-state index < -0.39 is 5.97 Å². The molecule has 1 aromatic heterocycles. The molecule has 0 unspecified atom stereocenters. The van der Waals surface area contributed by atoms with Gasteiger partial charge in [0.2, 0.25) is 0 Å². The number of aromatic nitrogens is 1. The van der Waals surface area contributed by atoms with Crippen molar-refractivity contribution in [2.24, 2.45) is 0 Å². The Balaban J connectivity index is 2.34. The standard InChI is InChI=1S/C14H18N2O3/c1-8-5-4-6-16(7-8)13(17)11-9(2)12(14(18)19)15-10(11)3/h5,15H,4,6-7H2,1-3H3,(H,18,19). The first kappa shape index (κ1) is 13.4. The second-order valence-electron chi connectivity index (χ2n) is 5.00. The van der Waals surface area contributed by atoms with Gasteiger partial charge in [-0.3, -0.25) is 4.79 Å². The number of nitrogens with zero attached hydrogens (tertiary/aromatic N) is 1. The molecule has 2 rings (SSSR count). The van der Waals surface area contributed by atoms with Gasteiger partial charge in [0.25, 0.3) is 5.91 Å². The number of H-pyrrole nitrogens is 1. The van der Waals surface area contributed by atoms with E-state index >= 15 is 0 Å². The third-order valence-corrected chi connectivity index (χ3v) is 3.48. The summed E-state index contributed by atoms with van der Waals surface area (Å²) in [6.45, 7) is 6.71. The first-order valence-electron chi connectivity index (χ1n) is 6.29. The highest BCUT2D eigenvalue weighted by atomic mass is 16.4. The molecule has 1 aliphatic rings. The van der Waals surface area contributed by atoms with Crippen LogP contribution in [0.25, 0.3) is 0 Å². The van der Waals surface area contributed by atoms with E-state index in [0.717, 1.165) is 6.42 Å². The Morgan fingerprint density at radius 3 is 2.53 bits per heavy atom. The van der Waals surface area contributed by atoms with E-state index in [0.29, 0.717) is 29.9 Å². The van der Waals surface area contributed by atoms with Gasteiger partial charge >= 0.3 is 5.97 Å². The van der Waals surface area contributed by atoms with Gasteiger partial charge in [-0.05, 0) is 32.8 Å². The van der Waals surface area contributed by atoms with E-state index in [4.69, 9.17) is 5.11 Å². The lowest BCUT2D eigenvalue weighted by Gasteiger charge is -2.26. The summed E-state index contributed by atoms with van der Waals surface area (Å²) in [4.78, 5) is 28.1. The number of carboxylic acids is 1. The van der Waals surface area contributed by atoms with E-state index in [1.807, 2.05) is 6.92 Å². The third-order valence-electron chi connectivity index (χ3n) is 3.48. The van der Waals surface area contributed by atoms with Crippen molar-refractivity contribution in [1.82, 2.24) is 9.88 Å². The van der Waals surface area contributed by atoms with Crippen LogP contribution in [-0.2, 0) is 0 Å². The number of nitrogens with one attached hydrogen (secondary N) is 1. The van der Waals surface area contributed by atoms with Crippen molar-refractivity contribution in [2.45, 2.75) is 27.2 Å². The maximum absolute atomic E-state index is 12.5. The van der Waals surface area contributed by atoms with Gasteiger partial charge in [0.05, 0.1) is 5.56 Å². The first-order valence-corrected chi connectivity index (χ1v) is 6.29. The molecule has 1 aromatic rings. The summed E-state index contributed by atoms with van der Waals surface area (Å²) in [6.07, 6.45) is 2.98.